The van der Waals surface area contributed by atoms with Crippen molar-refractivity contribution in [3.05, 3.63) is 56.7 Å². The summed E-state index contributed by atoms with van der Waals surface area (Å²) in [5, 5.41) is 5.92. The molecule has 1 N–H and O–H groups in total. The van der Waals surface area contributed by atoms with Gasteiger partial charge in [-0.15, -0.1) is 11.3 Å². The highest BCUT2D eigenvalue weighted by Gasteiger charge is 2.29. The predicted octanol–water partition coefficient (Wildman–Crippen LogP) is 3.82. The van der Waals surface area contributed by atoms with Crippen LogP contribution in [0.3, 0.4) is 0 Å². The molecule has 1 aromatic carbocycles. The number of amides is 2. The quantitative estimate of drug-likeness (QED) is 0.761. The van der Waals surface area contributed by atoms with Gasteiger partial charge in [0.25, 0.3) is 5.91 Å². The molecule has 0 saturated carbocycles. The second-order valence-electron chi connectivity index (χ2n) is 8.28. The van der Waals surface area contributed by atoms with Gasteiger partial charge in [-0.1, -0.05) is 11.6 Å². The van der Waals surface area contributed by atoms with Crippen LogP contribution >= 0.6 is 22.9 Å². The van der Waals surface area contributed by atoms with Gasteiger partial charge in [-0.3, -0.25) is 14.5 Å². The van der Waals surface area contributed by atoms with Crippen LogP contribution in [0.4, 0.5) is 0 Å². The third kappa shape index (κ3) is 4.88. The molecule has 0 bridgehead atoms. The Morgan fingerprint density at radius 1 is 1.23 bits per heavy atom. The summed E-state index contributed by atoms with van der Waals surface area (Å²) in [6.07, 6.45) is 2.77. The van der Waals surface area contributed by atoms with E-state index in [0.717, 1.165) is 32.4 Å². The molecule has 0 spiro atoms. The van der Waals surface area contributed by atoms with Crippen molar-refractivity contribution in [3.63, 3.8) is 0 Å². The van der Waals surface area contributed by atoms with Crippen molar-refractivity contribution in [2.24, 2.45) is 5.92 Å². The van der Waals surface area contributed by atoms with Crippen LogP contribution in [0.25, 0.3) is 0 Å². The van der Waals surface area contributed by atoms with Gasteiger partial charge in [0.2, 0.25) is 5.91 Å². The van der Waals surface area contributed by atoms with Crippen molar-refractivity contribution in [2.75, 3.05) is 26.2 Å². The van der Waals surface area contributed by atoms with Crippen LogP contribution in [0, 0.1) is 5.92 Å². The average molecular weight is 446 g/mol. The van der Waals surface area contributed by atoms with E-state index in [9.17, 15) is 9.59 Å². The smallest absolute Gasteiger partial charge is 0.253 e. The Kier molecular flexibility index (Phi) is 6.76. The van der Waals surface area contributed by atoms with Gasteiger partial charge < -0.3 is 10.2 Å². The third-order valence-electron chi connectivity index (χ3n) is 6.20. The highest BCUT2D eigenvalue weighted by molar-refractivity contribution is 7.10. The Hall–Kier alpha value is -1.89. The summed E-state index contributed by atoms with van der Waals surface area (Å²) in [5.74, 6) is -0.117. The maximum Gasteiger partial charge on any atom is 0.253 e. The van der Waals surface area contributed by atoms with Gasteiger partial charge in [0, 0.05) is 54.2 Å². The number of rotatable bonds is 5. The SMILES string of the molecule is CC(CNC(=O)C1CCCN(C(=O)c2ccc(Cl)cc2)C1)N1CCc2sccc2C1. The van der Waals surface area contributed by atoms with Crippen LogP contribution in [0.5, 0.6) is 0 Å². The van der Waals surface area contributed by atoms with E-state index in [1.54, 1.807) is 29.2 Å². The molecule has 2 aromatic rings. The summed E-state index contributed by atoms with van der Waals surface area (Å²) in [4.78, 5) is 31.3. The van der Waals surface area contributed by atoms with E-state index in [0.29, 0.717) is 30.2 Å². The van der Waals surface area contributed by atoms with Crippen molar-refractivity contribution in [1.29, 1.82) is 0 Å². The van der Waals surface area contributed by atoms with Crippen LogP contribution in [0.15, 0.2) is 35.7 Å². The molecule has 5 nitrogen and oxygen atoms in total. The van der Waals surface area contributed by atoms with E-state index >= 15 is 0 Å². The first kappa shape index (κ1) is 21.3. The van der Waals surface area contributed by atoms with Gasteiger partial charge in [-0.05, 0) is 67.5 Å². The lowest BCUT2D eigenvalue weighted by Gasteiger charge is -2.34. The molecule has 4 rings (SSSR count). The largest absolute Gasteiger partial charge is 0.354 e. The average Bonchev–Trinajstić information content (AvgIpc) is 3.25. The fourth-order valence-corrected chi connectivity index (χ4v) is 5.33. The van der Waals surface area contributed by atoms with Crippen LogP contribution in [-0.4, -0.2) is 53.8 Å². The van der Waals surface area contributed by atoms with E-state index < -0.39 is 0 Å². The first-order valence-electron chi connectivity index (χ1n) is 10.6. The van der Waals surface area contributed by atoms with E-state index in [-0.39, 0.29) is 23.8 Å². The highest BCUT2D eigenvalue weighted by Crippen LogP contribution is 2.25. The molecule has 3 heterocycles. The fourth-order valence-electron chi connectivity index (χ4n) is 4.32. The molecule has 0 aliphatic carbocycles. The zero-order valence-corrected chi connectivity index (χ0v) is 18.8. The lowest BCUT2D eigenvalue weighted by molar-refractivity contribution is -0.126. The summed E-state index contributed by atoms with van der Waals surface area (Å²) < 4.78 is 0. The van der Waals surface area contributed by atoms with E-state index in [1.807, 2.05) is 11.3 Å². The lowest BCUT2D eigenvalue weighted by Crippen LogP contribution is -2.48. The molecule has 160 valence electrons. The minimum absolute atomic E-state index is 0.0302. The summed E-state index contributed by atoms with van der Waals surface area (Å²) in [5.41, 5.74) is 2.04. The Morgan fingerprint density at radius 2 is 2.03 bits per heavy atom. The minimum Gasteiger partial charge on any atom is -0.354 e. The van der Waals surface area contributed by atoms with Gasteiger partial charge in [-0.2, -0.15) is 0 Å². The van der Waals surface area contributed by atoms with Gasteiger partial charge in [0.1, 0.15) is 0 Å². The van der Waals surface area contributed by atoms with Crippen molar-refractivity contribution in [1.82, 2.24) is 15.1 Å². The number of likely N-dealkylation sites (tertiary alicyclic amines) is 1. The predicted molar refractivity (Wildman–Crippen MR) is 121 cm³/mol. The molecule has 2 aliphatic rings. The Morgan fingerprint density at radius 3 is 2.83 bits per heavy atom. The molecule has 1 aromatic heterocycles. The molecule has 2 unspecified atom stereocenters. The van der Waals surface area contributed by atoms with Gasteiger partial charge >= 0.3 is 0 Å². The number of nitrogens with zero attached hydrogens (tertiary/aromatic N) is 2. The number of hydrogen-bond acceptors (Lipinski definition) is 4. The zero-order chi connectivity index (χ0) is 21.1. The lowest BCUT2D eigenvalue weighted by atomic mass is 9.96. The summed E-state index contributed by atoms with van der Waals surface area (Å²) >= 11 is 7.76. The molecule has 2 amide bonds. The molecule has 1 fully saturated rings. The topological polar surface area (TPSA) is 52.7 Å². The number of hydrogen-bond donors (Lipinski definition) is 1. The van der Waals surface area contributed by atoms with Gasteiger partial charge in [0.05, 0.1) is 5.92 Å². The third-order valence-corrected chi connectivity index (χ3v) is 7.48. The number of fused-ring (bicyclic) bond motifs is 1. The fraction of sp³-hybridized carbons (Fsp3) is 0.478. The molecule has 0 radical (unpaired) electrons. The second-order valence-corrected chi connectivity index (χ2v) is 9.72. The van der Waals surface area contributed by atoms with Crippen molar-refractivity contribution in [3.8, 4) is 0 Å². The molecule has 2 aliphatic heterocycles. The number of thiophene rings is 1. The van der Waals surface area contributed by atoms with Crippen LogP contribution < -0.4 is 5.32 Å². The van der Waals surface area contributed by atoms with Crippen molar-refractivity contribution in [2.45, 2.75) is 38.8 Å². The molecule has 30 heavy (non-hydrogen) atoms. The van der Waals surface area contributed by atoms with E-state index in [1.165, 1.54) is 10.4 Å². The van der Waals surface area contributed by atoms with Crippen LogP contribution in [-0.2, 0) is 17.8 Å². The Labute approximate surface area is 187 Å². The molecule has 1 saturated heterocycles. The maximum absolute atomic E-state index is 12.8. The van der Waals surface area contributed by atoms with Gasteiger partial charge in [0.15, 0.2) is 0 Å². The number of benzene rings is 1. The minimum atomic E-state index is -0.146. The first-order chi connectivity index (χ1) is 14.5. The van der Waals surface area contributed by atoms with E-state index in [2.05, 4.69) is 28.6 Å². The number of halogens is 1. The van der Waals surface area contributed by atoms with Gasteiger partial charge in [-0.25, -0.2) is 0 Å². The van der Waals surface area contributed by atoms with Crippen LogP contribution in [0.2, 0.25) is 5.02 Å². The maximum atomic E-state index is 12.8. The van der Waals surface area contributed by atoms with Crippen LogP contribution in [0.1, 0.15) is 40.6 Å². The zero-order valence-electron chi connectivity index (χ0n) is 17.3. The monoisotopic (exact) mass is 445 g/mol. The normalized spacial score (nSPS) is 20.5. The number of nitrogens with one attached hydrogen (secondary N) is 1. The Bertz CT molecular complexity index is 898. The summed E-state index contributed by atoms with van der Waals surface area (Å²) in [7, 11) is 0. The molecule has 2 atom stereocenters. The highest BCUT2D eigenvalue weighted by atomic mass is 35.5. The number of carbonyl (C=O) groups excluding carboxylic acids is 2. The summed E-state index contributed by atoms with van der Waals surface area (Å²) in [6, 6.07) is 9.44. The van der Waals surface area contributed by atoms with Crippen molar-refractivity contribution < 1.29 is 9.59 Å². The molecular weight excluding hydrogens is 418 g/mol. The molecule has 7 heteroatoms. The number of carbonyl (C=O) groups is 2. The number of piperidine rings is 1. The first-order valence-corrected chi connectivity index (χ1v) is 11.9. The standard InChI is InChI=1S/C23H28ClN3O2S/c1-16(26-11-8-21-18(14-26)9-12-30-21)13-25-22(28)19-3-2-10-27(15-19)23(29)17-4-6-20(24)7-5-17/h4-7,9,12,16,19H,2-3,8,10-11,13-15H2,1H3,(H,25,28). The Balaban J connectivity index is 1.28. The molecular formula is C23H28ClN3O2S. The summed E-state index contributed by atoms with van der Waals surface area (Å²) in [6.45, 7) is 5.98. The van der Waals surface area contributed by atoms with E-state index in [4.69, 9.17) is 11.6 Å². The second kappa shape index (κ2) is 9.50. The van der Waals surface area contributed by atoms with Crippen molar-refractivity contribution >= 4 is 34.8 Å².